The van der Waals surface area contributed by atoms with Gasteiger partial charge in [0.2, 0.25) is 5.91 Å². The van der Waals surface area contributed by atoms with Crippen LogP contribution in [0, 0.1) is 6.92 Å². The van der Waals surface area contributed by atoms with Crippen LogP contribution >= 0.6 is 27.7 Å². The fourth-order valence-electron chi connectivity index (χ4n) is 2.16. The molecule has 0 radical (unpaired) electrons. The molecule has 0 heterocycles. The number of methoxy groups -OCH3 is 1. The highest BCUT2D eigenvalue weighted by atomic mass is 79.9. The number of benzene rings is 2. The number of halogens is 1. The van der Waals surface area contributed by atoms with Gasteiger partial charge in [0, 0.05) is 15.9 Å². The van der Waals surface area contributed by atoms with Crippen molar-refractivity contribution in [2.45, 2.75) is 12.7 Å². The van der Waals surface area contributed by atoms with Gasteiger partial charge in [-0.3, -0.25) is 4.79 Å². The summed E-state index contributed by atoms with van der Waals surface area (Å²) in [6.45, 7) is 1.79. The zero-order chi connectivity index (χ0) is 17.5. The molecule has 1 amide bonds. The Morgan fingerprint density at radius 1 is 1.17 bits per heavy atom. The highest BCUT2D eigenvalue weighted by molar-refractivity contribution is 9.10. The first kappa shape index (κ1) is 18.5. The number of anilines is 1. The largest absolute Gasteiger partial charge is 0.465 e. The minimum absolute atomic E-state index is 0.0998. The van der Waals surface area contributed by atoms with Gasteiger partial charge >= 0.3 is 5.97 Å². The van der Waals surface area contributed by atoms with Gasteiger partial charge in [-0.15, -0.1) is 11.8 Å². The second-order valence-electron chi connectivity index (χ2n) is 5.10. The average Bonchev–Trinajstić information content (AvgIpc) is 2.58. The van der Waals surface area contributed by atoms with E-state index in [1.165, 1.54) is 18.9 Å². The molecule has 0 aliphatic heterocycles. The van der Waals surface area contributed by atoms with Gasteiger partial charge in [-0.25, -0.2) is 4.79 Å². The molecule has 0 bridgehead atoms. The quantitative estimate of drug-likeness (QED) is 0.720. The second-order valence-corrected chi connectivity index (χ2v) is 6.94. The summed E-state index contributed by atoms with van der Waals surface area (Å²) in [5.74, 6) is 0.572. The Bertz CT molecular complexity index is 749. The molecule has 0 fully saturated rings. The molecule has 6 heteroatoms. The van der Waals surface area contributed by atoms with E-state index < -0.39 is 5.97 Å². The van der Waals surface area contributed by atoms with Crippen molar-refractivity contribution in [1.29, 1.82) is 0 Å². The van der Waals surface area contributed by atoms with E-state index in [2.05, 4.69) is 21.2 Å². The van der Waals surface area contributed by atoms with Crippen LogP contribution in [0.5, 0.6) is 0 Å². The number of hydrogen-bond acceptors (Lipinski definition) is 4. The number of ether oxygens (including phenoxy) is 1. The summed E-state index contributed by atoms with van der Waals surface area (Å²) in [7, 11) is 1.34. The van der Waals surface area contributed by atoms with E-state index in [1.807, 2.05) is 24.3 Å². The molecule has 0 aliphatic carbocycles. The van der Waals surface area contributed by atoms with Gasteiger partial charge in [0.1, 0.15) is 0 Å². The van der Waals surface area contributed by atoms with Crippen LogP contribution < -0.4 is 5.32 Å². The highest BCUT2D eigenvalue weighted by Crippen LogP contribution is 2.22. The Morgan fingerprint density at radius 2 is 1.92 bits per heavy atom. The van der Waals surface area contributed by atoms with Crippen LogP contribution in [0.25, 0.3) is 0 Å². The maximum atomic E-state index is 12.1. The highest BCUT2D eigenvalue weighted by Gasteiger charge is 2.13. The van der Waals surface area contributed by atoms with E-state index in [1.54, 1.807) is 25.1 Å². The number of carbonyl (C=O) groups excluding carboxylic acids is 2. The van der Waals surface area contributed by atoms with Crippen molar-refractivity contribution in [3.63, 3.8) is 0 Å². The molecule has 2 aromatic carbocycles. The first-order chi connectivity index (χ1) is 11.5. The fourth-order valence-corrected chi connectivity index (χ4v) is 3.60. The second kappa shape index (κ2) is 8.89. The van der Waals surface area contributed by atoms with Crippen molar-refractivity contribution in [2.75, 3.05) is 18.2 Å². The number of nitrogens with one attached hydrogen (secondary N) is 1. The maximum absolute atomic E-state index is 12.1. The van der Waals surface area contributed by atoms with Crippen molar-refractivity contribution in [3.8, 4) is 0 Å². The van der Waals surface area contributed by atoms with E-state index in [9.17, 15) is 9.59 Å². The molecule has 126 valence electrons. The summed E-state index contributed by atoms with van der Waals surface area (Å²) in [6, 6.07) is 13.1. The lowest BCUT2D eigenvalue weighted by Gasteiger charge is -2.11. The van der Waals surface area contributed by atoms with E-state index in [0.29, 0.717) is 22.6 Å². The molecule has 24 heavy (non-hydrogen) atoms. The Hall–Kier alpha value is -1.79. The van der Waals surface area contributed by atoms with Gasteiger partial charge in [0.05, 0.1) is 18.4 Å². The zero-order valence-electron chi connectivity index (χ0n) is 13.5. The fraction of sp³-hybridized carbons (Fsp3) is 0.222. The topological polar surface area (TPSA) is 55.4 Å². The van der Waals surface area contributed by atoms with Crippen LogP contribution in [0.3, 0.4) is 0 Å². The van der Waals surface area contributed by atoms with Gasteiger partial charge in [0.25, 0.3) is 0 Å². The normalized spacial score (nSPS) is 10.3. The molecule has 0 unspecified atom stereocenters. The zero-order valence-corrected chi connectivity index (χ0v) is 15.9. The minimum Gasteiger partial charge on any atom is -0.465 e. The molecule has 4 nitrogen and oxygen atoms in total. The van der Waals surface area contributed by atoms with Gasteiger partial charge < -0.3 is 10.1 Å². The van der Waals surface area contributed by atoms with Crippen molar-refractivity contribution >= 4 is 45.3 Å². The Morgan fingerprint density at radius 3 is 2.62 bits per heavy atom. The van der Waals surface area contributed by atoms with E-state index in [4.69, 9.17) is 4.74 Å². The number of thioether (sulfide) groups is 1. The van der Waals surface area contributed by atoms with Gasteiger partial charge in [-0.1, -0.05) is 40.2 Å². The molecular weight excluding hydrogens is 390 g/mol. The molecule has 0 saturated heterocycles. The molecule has 1 N–H and O–H groups in total. The van der Waals surface area contributed by atoms with Crippen LogP contribution in [0.2, 0.25) is 0 Å². The summed E-state index contributed by atoms with van der Waals surface area (Å²) in [6.07, 6.45) is 0. The Balaban J connectivity index is 1.93. The lowest BCUT2D eigenvalue weighted by Crippen LogP contribution is -2.16. The van der Waals surface area contributed by atoms with Crippen molar-refractivity contribution in [3.05, 3.63) is 63.6 Å². The summed E-state index contributed by atoms with van der Waals surface area (Å²) < 4.78 is 5.78. The number of carbonyl (C=O) groups is 2. The summed E-state index contributed by atoms with van der Waals surface area (Å²) in [5, 5.41) is 2.85. The SMILES string of the molecule is COC(=O)c1cccc(NC(=O)CSCc2ccccc2Br)c1C. The van der Waals surface area contributed by atoms with Crippen LogP contribution in [-0.4, -0.2) is 24.7 Å². The number of esters is 1. The lowest BCUT2D eigenvalue weighted by molar-refractivity contribution is -0.113. The van der Waals surface area contributed by atoms with Gasteiger partial charge in [0.15, 0.2) is 0 Å². The third-order valence-electron chi connectivity index (χ3n) is 3.46. The predicted molar refractivity (Wildman–Crippen MR) is 101 cm³/mol. The first-order valence-electron chi connectivity index (χ1n) is 7.32. The standard InChI is InChI=1S/C18H18BrNO3S/c1-12-14(18(22)23-2)7-5-9-16(12)20-17(21)11-24-10-13-6-3-4-8-15(13)19/h3-9H,10-11H2,1-2H3,(H,20,21). The molecule has 0 aromatic heterocycles. The van der Waals surface area contributed by atoms with Gasteiger partial charge in [-0.2, -0.15) is 0 Å². The monoisotopic (exact) mass is 407 g/mol. The molecule has 2 rings (SSSR count). The van der Waals surface area contributed by atoms with Crippen LogP contribution in [0.4, 0.5) is 5.69 Å². The third kappa shape index (κ3) is 4.85. The van der Waals surface area contributed by atoms with Crippen molar-refractivity contribution in [2.24, 2.45) is 0 Å². The molecule has 2 aromatic rings. The first-order valence-corrected chi connectivity index (χ1v) is 9.26. The summed E-state index contributed by atoms with van der Waals surface area (Å²) in [5.41, 5.74) is 2.94. The lowest BCUT2D eigenvalue weighted by atomic mass is 10.1. The van der Waals surface area contributed by atoms with Gasteiger partial charge in [-0.05, 0) is 36.2 Å². The smallest absolute Gasteiger partial charge is 0.338 e. The van der Waals surface area contributed by atoms with Crippen LogP contribution in [0.1, 0.15) is 21.5 Å². The van der Waals surface area contributed by atoms with E-state index in [0.717, 1.165) is 15.8 Å². The third-order valence-corrected chi connectivity index (χ3v) is 5.22. The molecule has 0 aliphatic rings. The predicted octanol–water partition coefficient (Wildman–Crippen LogP) is 4.42. The Labute approximate surface area is 154 Å². The molecular formula is C18H18BrNO3S. The van der Waals surface area contributed by atoms with Crippen molar-refractivity contribution < 1.29 is 14.3 Å². The summed E-state index contributed by atoms with van der Waals surface area (Å²) >= 11 is 5.03. The maximum Gasteiger partial charge on any atom is 0.338 e. The summed E-state index contributed by atoms with van der Waals surface area (Å²) in [4.78, 5) is 23.8. The molecule has 0 atom stereocenters. The molecule has 0 saturated carbocycles. The Kier molecular flexibility index (Phi) is 6.87. The number of hydrogen-bond donors (Lipinski definition) is 1. The molecule has 0 spiro atoms. The number of rotatable bonds is 6. The van der Waals surface area contributed by atoms with Crippen molar-refractivity contribution in [1.82, 2.24) is 0 Å². The minimum atomic E-state index is -0.410. The number of amides is 1. The average molecular weight is 408 g/mol. The van der Waals surface area contributed by atoms with Crippen LogP contribution in [0.15, 0.2) is 46.9 Å². The van der Waals surface area contributed by atoms with E-state index >= 15 is 0 Å². The van der Waals surface area contributed by atoms with Crippen LogP contribution in [-0.2, 0) is 15.3 Å². The van der Waals surface area contributed by atoms with E-state index in [-0.39, 0.29) is 5.91 Å².